The van der Waals surface area contributed by atoms with Crippen molar-refractivity contribution < 1.29 is 19.5 Å². The molecule has 0 fully saturated rings. The van der Waals surface area contributed by atoms with Gasteiger partial charge in [0.15, 0.2) is 0 Å². The molecule has 0 spiro atoms. The molecule has 98 valence electrons. The molecule has 0 saturated carbocycles. The predicted octanol–water partition coefficient (Wildman–Crippen LogP) is 1.31. The lowest BCUT2D eigenvalue weighted by Gasteiger charge is -2.29. The standard InChI is InChI=1S/C13H17NO4/c1-14(18-2)12(13(16)17)11(8-9-15)10-6-4-3-5-7-10/h3-7,9,11-12H,8H2,1-2H3,(H,16,17). The van der Waals surface area contributed by atoms with Crippen molar-refractivity contribution in [3.05, 3.63) is 35.9 Å². The summed E-state index contributed by atoms with van der Waals surface area (Å²) in [6, 6.07) is 8.21. The van der Waals surface area contributed by atoms with Gasteiger partial charge in [-0.3, -0.25) is 4.79 Å². The summed E-state index contributed by atoms with van der Waals surface area (Å²) in [5.41, 5.74) is 0.806. The van der Waals surface area contributed by atoms with Crippen molar-refractivity contribution in [1.82, 2.24) is 5.06 Å². The Kier molecular flexibility index (Phi) is 5.48. The van der Waals surface area contributed by atoms with Gasteiger partial charge in [0.2, 0.25) is 0 Å². The number of hydrogen-bond donors (Lipinski definition) is 1. The van der Waals surface area contributed by atoms with E-state index in [0.717, 1.165) is 11.8 Å². The minimum atomic E-state index is -1.02. The van der Waals surface area contributed by atoms with Crippen LogP contribution in [0.3, 0.4) is 0 Å². The van der Waals surface area contributed by atoms with Gasteiger partial charge in [-0.1, -0.05) is 30.3 Å². The van der Waals surface area contributed by atoms with Crippen LogP contribution in [0.5, 0.6) is 0 Å². The Bertz CT molecular complexity index is 393. The van der Waals surface area contributed by atoms with Gasteiger partial charge in [-0.25, -0.2) is 0 Å². The number of carboxylic acid groups (broad SMARTS) is 1. The van der Waals surface area contributed by atoms with Crippen LogP contribution < -0.4 is 0 Å². The third-order valence-electron chi connectivity index (χ3n) is 2.89. The summed E-state index contributed by atoms with van der Waals surface area (Å²) in [5, 5.41) is 10.5. The molecule has 0 amide bonds. The zero-order valence-electron chi connectivity index (χ0n) is 10.4. The van der Waals surface area contributed by atoms with Crippen LogP contribution in [0.2, 0.25) is 0 Å². The lowest BCUT2D eigenvalue weighted by atomic mass is 9.89. The van der Waals surface area contributed by atoms with Crippen LogP contribution in [0, 0.1) is 0 Å². The zero-order chi connectivity index (χ0) is 13.5. The quantitative estimate of drug-likeness (QED) is 0.584. The van der Waals surface area contributed by atoms with Gasteiger partial charge in [-0.05, 0) is 5.56 Å². The molecular formula is C13H17NO4. The first-order chi connectivity index (χ1) is 8.61. The lowest BCUT2D eigenvalue weighted by molar-refractivity contribution is -0.177. The predicted molar refractivity (Wildman–Crippen MR) is 66.1 cm³/mol. The van der Waals surface area contributed by atoms with Crippen LogP contribution in [0.1, 0.15) is 17.9 Å². The monoisotopic (exact) mass is 251 g/mol. The molecule has 2 atom stereocenters. The fourth-order valence-corrected chi connectivity index (χ4v) is 1.95. The van der Waals surface area contributed by atoms with Crippen molar-refractivity contribution in [2.75, 3.05) is 14.2 Å². The number of hydroxylamine groups is 2. The van der Waals surface area contributed by atoms with Crippen LogP contribution in [0.25, 0.3) is 0 Å². The van der Waals surface area contributed by atoms with E-state index in [9.17, 15) is 14.7 Å². The van der Waals surface area contributed by atoms with Crippen LogP contribution in [-0.2, 0) is 14.4 Å². The second kappa shape index (κ2) is 6.88. The van der Waals surface area contributed by atoms with E-state index in [-0.39, 0.29) is 6.42 Å². The van der Waals surface area contributed by atoms with Crippen molar-refractivity contribution in [2.24, 2.45) is 0 Å². The molecule has 0 radical (unpaired) electrons. The number of rotatable bonds is 7. The maximum atomic E-state index is 11.4. The van der Waals surface area contributed by atoms with E-state index < -0.39 is 17.9 Å². The van der Waals surface area contributed by atoms with Gasteiger partial charge in [-0.15, -0.1) is 0 Å². The number of nitrogens with zero attached hydrogens (tertiary/aromatic N) is 1. The SMILES string of the molecule is CON(C)C(C(=O)O)C(CC=O)c1ccccc1. The summed E-state index contributed by atoms with van der Waals surface area (Å²) in [6.45, 7) is 0. The molecule has 1 aromatic carbocycles. The van der Waals surface area contributed by atoms with Gasteiger partial charge in [0.25, 0.3) is 0 Å². The Morgan fingerprint density at radius 2 is 2.06 bits per heavy atom. The summed E-state index contributed by atoms with van der Waals surface area (Å²) >= 11 is 0. The molecular weight excluding hydrogens is 234 g/mol. The number of carboxylic acids is 1. The molecule has 0 heterocycles. The maximum absolute atomic E-state index is 11.4. The first-order valence-corrected chi connectivity index (χ1v) is 5.60. The van der Waals surface area contributed by atoms with Crippen molar-refractivity contribution in [1.29, 1.82) is 0 Å². The summed E-state index contributed by atoms with van der Waals surface area (Å²) in [7, 11) is 2.94. The number of carbonyl (C=O) groups is 2. The van der Waals surface area contributed by atoms with E-state index in [1.165, 1.54) is 12.2 Å². The second-order valence-corrected chi connectivity index (χ2v) is 3.93. The molecule has 0 saturated heterocycles. The minimum Gasteiger partial charge on any atom is -0.480 e. The Hall–Kier alpha value is -1.72. The molecule has 18 heavy (non-hydrogen) atoms. The molecule has 0 aliphatic heterocycles. The molecule has 1 rings (SSSR count). The van der Waals surface area contributed by atoms with Gasteiger partial charge in [0.05, 0.1) is 7.11 Å². The Balaban J connectivity index is 3.08. The smallest absolute Gasteiger partial charge is 0.323 e. The number of benzene rings is 1. The molecule has 5 nitrogen and oxygen atoms in total. The summed E-state index contributed by atoms with van der Waals surface area (Å²) < 4.78 is 0. The highest BCUT2D eigenvalue weighted by molar-refractivity contribution is 5.75. The van der Waals surface area contributed by atoms with E-state index in [1.54, 1.807) is 7.05 Å². The Morgan fingerprint density at radius 3 is 2.50 bits per heavy atom. The average molecular weight is 251 g/mol. The molecule has 0 aliphatic rings. The number of carbonyl (C=O) groups excluding carboxylic acids is 1. The van der Waals surface area contributed by atoms with Gasteiger partial charge in [0.1, 0.15) is 12.3 Å². The van der Waals surface area contributed by atoms with Gasteiger partial charge >= 0.3 is 5.97 Å². The van der Waals surface area contributed by atoms with E-state index in [2.05, 4.69) is 0 Å². The summed E-state index contributed by atoms with van der Waals surface area (Å²) in [4.78, 5) is 27.1. The number of hydrogen-bond acceptors (Lipinski definition) is 4. The maximum Gasteiger partial charge on any atom is 0.323 e. The molecule has 5 heteroatoms. The van der Waals surface area contributed by atoms with E-state index in [0.29, 0.717) is 0 Å². The molecule has 0 aliphatic carbocycles. The normalized spacial score (nSPS) is 14.2. The number of likely N-dealkylation sites (N-methyl/N-ethyl adjacent to an activating group) is 1. The fraction of sp³-hybridized carbons (Fsp3) is 0.385. The second-order valence-electron chi connectivity index (χ2n) is 3.93. The highest BCUT2D eigenvalue weighted by atomic mass is 16.7. The number of aldehydes is 1. The first kappa shape index (κ1) is 14.3. The Labute approximate surface area is 106 Å². The van der Waals surface area contributed by atoms with Crippen LogP contribution >= 0.6 is 0 Å². The minimum absolute atomic E-state index is 0.134. The first-order valence-electron chi connectivity index (χ1n) is 5.60. The summed E-state index contributed by atoms with van der Waals surface area (Å²) in [5.74, 6) is -1.46. The zero-order valence-corrected chi connectivity index (χ0v) is 10.4. The highest BCUT2D eigenvalue weighted by Gasteiger charge is 2.33. The van der Waals surface area contributed by atoms with Crippen molar-refractivity contribution in [2.45, 2.75) is 18.4 Å². The average Bonchev–Trinajstić information content (AvgIpc) is 2.38. The lowest BCUT2D eigenvalue weighted by Crippen LogP contribution is -2.42. The third-order valence-corrected chi connectivity index (χ3v) is 2.89. The van der Waals surface area contributed by atoms with E-state index >= 15 is 0 Å². The molecule has 0 aromatic heterocycles. The van der Waals surface area contributed by atoms with Gasteiger partial charge in [0, 0.05) is 19.4 Å². The Morgan fingerprint density at radius 1 is 1.44 bits per heavy atom. The van der Waals surface area contributed by atoms with Crippen molar-refractivity contribution in [3.8, 4) is 0 Å². The topological polar surface area (TPSA) is 66.8 Å². The largest absolute Gasteiger partial charge is 0.480 e. The van der Waals surface area contributed by atoms with Crippen LogP contribution in [-0.4, -0.2) is 42.6 Å². The highest BCUT2D eigenvalue weighted by Crippen LogP contribution is 2.26. The molecule has 2 unspecified atom stereocenters. The van der Waals surface area contributed by atoms with Crippen molar-refractivity contribution in [3.63, 3.8) is 0 Å². The van der Waals surface area contributed by atoms with Gasteiger partial charge < -0.3 is 14.7 Å². The van der Waals surface area contributed by atoms with Crippen LogP contribution in [0.15, 0.2) is 30.3 Å². The third kappa shape index (κ3) is 3.38. The molecule has 1 N–H and O–H groups in total. The number of aliphatic carboxylic acids is 1. The van der Waals surface area contributed by atoms with Crippen LogP contribution in [0.4, 0.5) is 0 Å². The fourth-order valence-electron chi connectivity index (χ4n) is 1.95. The summed E-state index contributed by atoms with van der Waals surface area (Å²) in [6.07, 6.45) is 0.867. The van der Waals surface area contributed by atoms with E-state index in [1.807, 2.05) is 30.3 Å². The molecule has 0 bridgehead atoms. The molecule has 1 aromatic rings. The van der Waals surface area contributed by atoms with Crippen molar-refractivity contribution >= 4 is 12.3 Å². The van der Waals surface area contributed by atoms with Gasteiger partial charge in [-0.2, -0.15) is 5.06 Å². The van der Waals surface area contributed by atoms with E-state index in [4.69, 9.17) is 4.84 Å².